The van der Waals surface area contributed by atoms with Gasteiger partial charge >= 0.3 is 0 Å². The van der Waals surface area contributed by atoms with Crippen LogP contribution in [0.5, 0.6) is 11.5 Å². The van der Waals surface area contributed by atoms with Gasteiger partial charge in [0.15, 0.2) is 0 Å². The van der Waals surface area contributed by atoms with Crippen molar-refractivity contribution in [1.82, 2.24) is 0 Å². The third-order valence-corrected chi connectivity index (χ3v) is 7.49. The van der Waals surface area contributed by atoms with Gasteiger partial charge < -0.3 is 14.8 Å². The highest BCUT2D eigenvalue weighted by Crippen LogP contribution is 2.45. The van der Waals surface area contributed by atoms with Crippen molar-refractivity contribution in [2.45, 2.75) is 29.6 Å². The molecule has 0 aromatic heterocycles. The van der Waals surface area contributed by atoms with Gasteiger partial charge in [-0.15, -0.1) is 0 Å². The lowest BCUT2D eigenvalue weighted by Gasteiger charge is -2.40. The Bertz CT molecular complexity index is 1290. The molecule has 0 radical (unpaired) electrons. The van der Waals surface area contributed by atoms with Gasteiger partial charge in [-0.25, -0.2) is 12.8 Å². The number of ether oxygens (including phenoxy) is 2. The van der Waals surface area contributed by atoms with Crippen LogP contribution in [0, 0.1) is 5.82 Å². The molecule has 178 valence electrons. The molecule has 7 nitrogen and oxygen atoms in total. The van der Waals surface area contributed by atoms with Crippen LogP contribution in [0.2, 0.25) is 0 Å². The quantitative estimate of drug-likeness (QED) is 0.483. The summed E-state index contributed by atoms with van der Waals surface area (Å²) < 4.78 is 52.5. The number of hydrogen-bond acceptors (Lipinski definition) is 5. The molecular weight excluding hydrogens is 459 g/mol. The number of carbonyl (C=O) groups is 1. The summed E-state index contributed by atoms with van der Waals surface area (Å²) in [5.41, 5.74) is 0.630. The Morgan fingerprint density at radius 1 is 0.912 bits per heavy atom. The molecule has 0 saturated heterocycles. The molecule has 0 atom stereocenters. The maximum absolute atomic E-state index is 13.4. The fourth-order valence-electron chi connectivity index (χ4n) is 4.03. The van der Waals surface area contributed by atoms with Crippen LogP contribution in [0.4, 0.5) is 15.8 Å². The number of anilines is 2. The normalized spacial score (nSPS) is 14.6. The molecule has 34 heavy (non-hydrogen) atoms. The highest BCUT2D eigenvalue weighted by molar-refractivity contribution is 7.92. The van der Waals surface area contributed by atoms with Crippen molar-refractivity contribution in [3.05, 3.63) is 78.1 Å². The molecule has 1 aliphatic carbocycles. The molecule has 3 aromatic rings. The highest BCUT2D eigenvalue weighted by Gasteiger charge is 2.45. The molecule has 0 unspecified atom stereocenters. The second kappa shape index (κ2) is 9.34. The number of methoxy groups -OCH3 is 2. The summed E-state index contributed by atoms with van der Waals surface area (Å²) in [5, 5.41) is 2.84. The number of sulfonamides is 1. The van der Waals surface area contributed by atoms with Crippen molar-refractivity contribution < 1.29 is 27.1 Å². The monoisotopic (exact) mass is 484 g/mol. The van der Waals surface area contributed by atoms with E-state index in [0.29, 0.717) is 30.0 Å². The van der Waals surface area contributed by atoms with Crippen LogP contribution in [0.1, 0.15) is 24.8 Å². The average molecular weight is 485 g/mol. The van der Waals surface area contributed by atoms with E-state index in [4.69, 9.17) is 9.47 Å². The zero-order chi connectivity index (χ0) is 24.3. The number of nitrogens with one attached hydrogen (secondary N) is 2. The van der Waals surface area contributed by atoms with Gasteiger partial charge in [-0.2, -0.15) is 0 Å². The standard InChI is InChI=1S/C25H25FN2O5S/c1-32-21-11-8-19(9-12-21)28-34(30,31)23-16-20(10-13-22(23)33-2)27-24(29)25(14-3-15-25)17-4-6-18(26)7-5-17/h4-13,16,28H,3,14-15H2,1-2H3,(H,27,29). The van der Waals surface area contributed by atoms with Crippen LogP contribution in [0.3, 0.4) is 0 Å². The Labute approximate surface area is 198 Å². The largest absolute Gasteiger partial charge is 0.497 e. The Morgan fingerprint density at radius 2 is 1.56 bits per heavy atom. The topological polar surface area (TPSA) is 93.7 Å². The smallest absolute Gasteiger partial charge is 0.265 e. The lowest BCUT2D eigenvalue weighted by molar-refractivity contribution is -0.124. The Morgan fingerprint density at radius 3 is 2.12 bits per heavy atom. The maximum Gasteiger partial charge on any atom is 0.265 e. The van der Waals surface area contributed by atoms with E-state index in [1.807, 2.05) is 0 Å². The molecule has 0 aliphatic heterocycles. The molecule has 0 spiro atoms. The lowest BCUT2D eigenvalue weighted by Crippen LogP contribution is -2.46. The molecule has 0 bridgehead atoms. The first-order chi connectivity index (χ1) is 16.3. The number of hydrogen-bond donors (Lipinski definition) is 2. The molecule has 1 saturated carbocycles. The van der Waals surface area contributed by atoms with Gasteiger partial charge in [0.25, 0.3) is 10.0 Å². The average Bonchev–Trinajstić information content (AvgIpc) is 2.80. The zero-order valence-electron chi connectivity index (χ0n) is 18.8. The summed E-state index contributed by atoms with van der Waals surface area (Å²) in [6.07, 6.45) is 2.13. The van der Waals surface area contributed by atoms with Crippen LogP contribution in [0.15, 0.2) is 71.6 Å². The predicted octanol–water partition coefficient (Wildman–Crippen LogP) is 4.70. The van der Waals surface area contributed by atoms with Crippen LogP contribution < -0.4 is 19.5 Å². The third kappa shape index (κ3) is 4.56. The minimum atomic E-state index is -4.03. The molecule has 1 aliphatic rings. The van der Waals surface area contributed by atoms with E-state index in [1.165, 1.54) is 38.5 Å². The molecule has 2 N–H and O–H groups in total. The molecule has 1 amide bonds. The van der Waals surface area contributed by atoms with Crippen LogP contribution in [-0.4, -0.2) is 28.5 Å². The summed E-state index contributed by atoms with van der Waals surface area (Å²) in [5.74, 6) is 0.0993. The Kier molecular flexibility index (Phi) is 6.47. The van der Waals surface area contributed by atoms with E-state index >= 15 is 0 Å². The molecule has 9 heteroatoms. The maximum atomic E-state index is 13.4. The van der Waals surface area contributed by atoms with Crippen molar-refractivity contribution in [2.24, 2.45) is 0 Å². The molecule has 3 aromatic carbocycles. The molecule has 0 heterocycles. The molecule has 1 fully saturated rings. The van der Waals surface area contributed by atoms with Crippen LogP contribution >= 0.6 is 0 Å². The van der Waals surface area contributed by atoms with Crippen molar-refractivity contribution >= 4 is 27.3 Å². The first-order valence-corrected chi connectivity index (χ1v) is 12.2. The number of halogens is 1. The second-order valence-corrected chi connectivity index (χ2v) is 9.75. The first-order valence-electron chi connectivity index (χ1n) is 10.7. The lowest BCUT2D eigenvalue weighted by atomic mass is 9.64. The van der Waals surface area contributed by atoms with Crippen LogP contribution in [-0.2, 0) is 20.2 Å². The summed E-state index contributed by atoms with van der Waals surface area (Å²) >= 11 is 0. The van der Waals surface area contributed by atoms with Crippen molar-refractivity contribution in [1.29, 1.82) is 0 Å². The van der Waals surface area contributed by atoms with E-state index < -0.39 is 15.4 Å². The number of amides is 1. The fraction of sp³-hybridized carbons (Fsp3) is 0.240. The molecular formula is C25H25FN2O5S. The van der Waals surface area contributed by atoms with Gasteiger partial charge in [-0.05, 0) is 73.0 Å². The first kappa shape index (κ1) is 23.6. The van der Waals surface area contributed by atoms with Gasteiger partial charge in [0.1, 0.15) is 22.2 Å². The molecule has 4 rings (SSSR count). The number of carbonyl (C=O) groups excluding carboxylic acids is 1. The minimum absolute atomic E-state index is 0.118. The van der Waals surface area contributed by atoms with Crippen molar-refractivity contribution in [3.63, 3.8) is 0 Å². The second-order valence-electron chi connectivity index (χ2n) is 8.10. The summed E-state index contributed by atoms with van der Waals surface area (Å²) in [6.45, 7) is 0. The van der Waals surface area contributed by atoms with Gasteiger partial charge in [0.05, 0.1) is 19.6 Å². The zero-order valence-corrected chi connectivity index (χ0v) is 19.6. The van der Waals surface area contributed by atoms with E-state index in [2.05, 4.69) is 10.0 Å². The van der Waals surface area contributed by atoms with E-state index in [9.17, 15) is 17.6 Å². The van der Waals surface area contributed by atoms with Crippen molar-refractivity contribution in [2.75, 3.05) is 24.3 Å². The third-order valence-electron chi connectivity index (χ3n) is 6.09. The Hall–Kier alpha value is -3.59. The van der Waals surface area contributed by atoms with Gasteiger partial charge in [-0.3, -0.25) is 9.52 Å². The predicted molar refractivity (Wildman–Crippen MR) is 127 cm³/mol. The number of benzene rings is 3. The SMILES string of the molecule is COc1ccc(NS(=O)(=O)c2cc(NC(=O)C3(c4ccc(F)cc4)CCC3)ccc2OC)cc1. The Balaban J connectivity index is 1.60. The highest BCUT2D eigenvalue weighted by atomic mass is 32.2. The van der Waals surface area contributed by atoms with E-state index in [1.54, 1.807) is 42.5 Å². The van der Waals surface area contributed by atoms with Gasteiger partial charge in [0.2, 0.25) is 5.91 Å². The van der Waals surface area contributed by atoms with Crippen LogP contribution in [0.25, 0.3) is 0 Å². The van der Waals surface area contributed by atoms with Gasteiger partial charge in [0, 0.05) is 11.4 Å². The minimum Gasteiger partial charge on any atom is -0.497 e. The summed E-state index contributed by atoms with van der Waals surface area (Å²) in [7, 11) is -1.13. The van der Waals surface area contributed by atoms with Gasteiger partial charge in [-0.1, -0.05) is 18.6 Å². The fourth-order valence-corrected chi connectivity index (χ4v) is 5.29. The van der Waals surface area contributed by atoms with Crippen molar-refractivity contribution in [3.8, 4) is 11.5 Å². The summed E-state index contributed by atoms with van der Waals surface area (Å²) in [6, 6.07) is 16.8. The van der Waals surface area contributed by atoms with E-state index in [0.717, 1.165) is 12.0 Å². The van der Waals surface area contributed by atoms with E-state index in [-0.39, 0.29) is 22.4 Å². The number of rotatable bonds is 8. The summed E-state index contributed by atoms with van der Waals surface area (Å²) in [4.78, 5) is 13.1.